The zero-order chi connectivity index (χ0) is 13.8. The van der Waals surface area contributed by atoms with Crippen LogP contribution in [0.15, 0.2) is 12.2 Å². The van der Waals surface area contributed by atoms with Crippen molar-refractivity contribution in [3.05, 3.63) is 12.2 Å². The number of amides is 2. The minimum Gasteiger partial charge on any atom is -0.272 e. The van der Waals surface area contributed by atoms with Gasteiger partial charge >= 0.3 is 0 Å². The van der Waals surface area contributed by atoms with Gasteiger partial charge in [0, 0.05) is 5.88 Å². The summed E-state index contributed by atoms with van der Waals surface area (Å²) in [6, 6.07) is 0. The second-order valence-corrected chi connectivity index (χ2v) is 7.05. The van der Waals surface area contributed by atoms with E-state index in [4.69, 9.17) is 11.6 Å². The summed E-state index contributed by atoms with van der Waals surface area (Å²) < 4.78 is 27.6. The molecule has 2 bridgehead atoms. The van der Waals surface area contributed by atoms with Crippen molar-refractivity contribution in [1.29, 1.82) is 0 Å². The molecule has 3 aliphatic rings. The number of alkyl halides is 1. The van der Waals surface area contributed by atoms with E-state index >= 15 is 0 Å². The molecule has 0 radical (unpaired) electrons. The first kappa shape index (κ1) is 13.1. The molecule has 1 aliphatic heterocycles. The van der Waals surface area contributed by atoms with Crippen LogP contribution in [-0.4, -0.2) is 36.9 Å². The van der Waals surface area contributed by atoms with Gasteiger partial charge < -0.3 is 0 Å². The van der Waals surface area contributed by atoms with Crippen LogP contribution in [0, 0.1) is 23.7 Å². The third kappa shape index (κ3) is 1.91. The fourth-order valence-corrected chi connectivity index (χ4v) is 4.40. The van der Waals surface area contributed by atoms with Crippen molar-refractivity contribution < 1.29 is 22.3 Å². The van der Waals surface area contributed by atoms with E-state index in [0.717, 1.165) is 6.42 Å². The van der Waals surface area contributed by atoms with E-state index in [9.17, 15) is 18.0 Å². The van der Waals surface area contributed by atoms with E-state index in [2.05, 4.69) is 4.28 Å². The topological polar surface area (TPSA) is 80.8 Å². The maximum Gasteiger partial charge on any atom is 0.289 e. The molecule has 6 nitrogen and oxygen atoms in total. The second-order valence-electron chi connectivity index (χ2n) is 5.00. The highest BCUT2D eigenvalue weighted by atomic mass is 35.5. The molecule has 0 spiro atoms. The third-order valence-corrected chi connectivity index (χ3v) is 5.44. The predicted molar refractivity (Wildman–Crippen MR) is 65.2 cm³/mol. The second kappa shape index (κ2) is 4.29. The zero-order valence-corrected chi connectivity index (χ0v) is 11.4. The molecular formula is C11H12ClNO5S. The van der Waals surface area contributed by atoms with Crippen LogP contribution in [0.2, 0.25) is 0 Å². The molecule has 2 fully saturated rings. The standard InChI is InChI=1S/C11H12ClNO5S/c12-3-4-19(16,17)18-13-10(14)8-6-1-2-7(5-6)9(8)11(13)15/h1-2,6-9H,3-5H2. The molecule has 0 aromatic rings. The van der Waals surface area contributed by atoms with E-state index in [1.165, 1.54) is 0 Å². The SMILES string of the molecule is O=C1C2C3C=CC(C3)C2C(=O)N1OS(=O)(=O)CCCl. The van der Waals surface area contributed by atoms with Crippen molar-refractivity contribution in [1.82, 2.24) is 5.06 Å². The highest BCUT2D eigenvalue weighted by Crippen LogP contribution is 2.52. The van der Waals surface area contributed by atoms with Gasteiger partial charge in [-0.2, -0.15) is 8.42 Å². The van der Waals surface area contributed by atoms with Crippen LogP contribution in [-0.2, 0) is 24.0 Å². The Kier molecular flexibility index (Phi) is 2.95. The lowest BCUT2D eigenvalue weighted by Gasteiger charge is -2.15. The largest absolute Gasteiger partial charge is 0.289 e. The molecule has 1 saturated carbocycles. The summed E-state index contributed by atoms with van der Waals surface area (Å²) >= 11 is 5.34. The predicted octanol–water partition coefficient (Wildman–Crippen LogP) is 0.294. The fourth-order valence-electron chi connectivity index (χ4n) is 3.19. The molecule has 1 heterocycles. The molecule has 2 aliphatic carbocycles. The van der Waals surface area contributed by atoms with Gasteiger partial charge in [0.15, 0.2) is 0 Å². The molecule has 3 rings (SSSR count). The Balaban J connectivity index is 1.83. The van der Waals surface area contributed by atoms with Gasteiger partial charge in [0.2, 0.25) is 0 Å². The van der Waals surface area contributed by atoms with Crippen molar-refractivity contribution in [2.24, 2.45) is 23.7 Å². The number of nitrogens with zero attached hydrogens (tertiary/aromatic N) is 1. The third-order valence-electron chi connectivity index (χ3n) is 3.95. The van der Waals surface area contributed by atoms with Crippen molar-refractivity contribution in [3.63, 3.8) is 0 Å². The Morgan fingerprint density at radius 1 is 1.21 bits per heavy atom. The van der Waals surface area contributed by atoms with Gasteiger partial charge in [-0.05, 0) is 18.3 Å². The van der Waals surface area contributed by atoms with Crippen LogP contribution in [0.4, 0.5) is 0 Å². The van der Waals surface area contributed by atoms with E-state index in [1.807, 2.05) is 12.2 Å². The Hall–Kier alpha value is -0.920. The molecule has 4 unspecified atom stereocenters. The number of allylic oxidation sites excluding steroid dienone is 2. The number of imide groups is 1. The van der Waals surface area contributed by atoms with Crippen molar-refractivity contribution in [3.8, 4) is 0 Å². The van der Waals surface area contributed by atoms with E-state index < -0.39 is 39.5 Å². The van der Waals surface area contributed by atoms with Crippen LogP contribution in [0.5, 0.6) is 0 Å². The zero-order valence-electron chi connectivity index (χ0n) is 9.86. The molecule has 19 heavy (non-hydrogen) atoms. The molecular weight excluding hydrogens is 294 g/mol. The van der Waals surface area contributed by atoms with Crippen molar-refractivity contribution in [2.75, 3.05) is 11.6 Å². The highest BCUT2D eigenvalue weighted by Gasteiger charge is 2.60. The lowest BCUT2D eigenvalue weighted by molar-refractivity contribution is -0.166. The van der Waals surface area contributed by atoms with Gasteiger partial charge in [-0.1, -0.05) is 12.2 Å². The van der Waals surface area contributed by atoms with Gasteiger partial charge in [-0.3, -0.25) is 9.59 Å². The molecule has 104 valence electrons. The molecule has 4 atom stereocenters. The number of hydroxylamine groups is 2. The molecule has 2 amide bonds. The monoisotopic (exact) mass is 305 g/mol. The van der Waals surface area contributed by atoms with Gasteiger partial charge in [0.25, 0.3) is 21.9 Å². The van der Waals surface area contributed by atoms with Gasteiger partial charge in [0.1, 0.15) is 0 Å². The molecule has 8 heteroatoms. The number of hydrogen-bond donors (Lipinski definition) is 0. The van der Waals surface area contributed by atoms with E-state index in [-0.39, 0.29) is 17.7 Å². The van der Waals surface area contributed by atoms with Crippen LogP contribution < -0.4 is 0 Å². The van der Waals surface area contributed by atoms with E-state index in [0.29, 0.717) is 5.06 Å². The summed E-state index contributed by atoms with van der Waals surface area (Å²) in [5.74, 6) is -2.58. The first-order chi connectivity index (χ1) is 8.94. The lowest BCUT2D eigenvalue weighted by Crippen LogP contribution is -2.36. The summed E-state index contributed by atoms with van der Waals surface area (Å²) in [5.41, 5.74) is 0. The normalized spacial score (nSPS) is 36.4. The number of fused-ring (bicyclic) bond motifs is 5. The molecule has 0 aromatic carbocycles. The van der Waals surface area contributed by atoms with Crippen LogP contribution in [0.1, 0.15) is 6.42 Å². The average Bonchev–Trinajstić information content (AvgIpc) is 2.98. The number of carbonyl (C=O) groups excluding carboxylic acids is 2. The first-order valence-electron chi connectivity index (χ1n) is 5.99. The van der Waals surface area contributed by atoms with E-state index in [1.54, 1.807) is 0 Å². The summed E-state index contributed by atoms with van der Waals surface area (Å²) in [7, 11) is -3.99. The number of rotatable bonds is 4. The van der Waals surface area contributed by atoms with Gasteiger partial charge in [0.05, 0.1) is 17.6 Å². The maximum atomic E-state index is 12.1. The first-order valence-corrected chi connectivity index (χ1v) is 8.10. The Labute approximate surface area is 115 Å². The maximum absolute atomic E-state index is 12.1. The minimum atomic E-state index is -3.99. The van der Waals surface area contributed by atoms with Crippen molar-refractivity contribution >= 4 is 33.5 Å². The highest BCUT2D eigenvalue weighted by molar-refractivity contribution is 7.86. The fraction of sp³-hybridized carbons (Fsp3) is 0.636. The average molecular weight is 306 g/mol. The lowest BCUT2D eigenvalue weighted by atomic mass is 9.85. The van der Waals surface area contributed by atoms with Gasteiger partial charge in [-0.25, -0.2) is 0 Å². The number of hydrogen-bond acceptors (Lipinski definition) is 5. The minimum absolute atomic E-state index is 0.0239. The quantitative estimate of drug-likeness (QED) is 0.424. The van der Waals surface area contributed by atoms with Crippen LogP contribution in [0.25, 0.3) is 0 Å². The number of carbonyl (C=O) groups is 2. The van der Waals surface area contributed by atoms with Gasteiger partial charge in [-0.15, -0.1) is 20.9 Å². The molecule has 1 saturated heterocycles. The molecule has 0 N–H and O–H groups in total. The van der Waals surface area contributed by atoms with Crippen LogP contribution in [0.3, 0.4) is 0 Å². The summed E-state index contributed by atoms with van der Waals surface area (Å²) in [5, 5.41) is 0.420. The molecule has 0 aromatic heterocycles. The Bertz CT molecular complexity index is 542. The summed E-state index contributed by atoms with van der Waals surface area (Å²) in [6.45, 7) is 0. The number of halogens is 1. The van der Waals surface area contributed by atoms with Crippen molar-refractivity contribution in [2.45, 2.75) is 6.42 Å². The Morgan fingerprint density at radius 2 is 1.74 bits per heavy atom. The van der Waals surface area contributed by atoms with Crippen LogP contribution >= 0.6 is 11.6 Å². The Morgan fingerprint density at radius 3 is 2.21 bits per heavy atom. The summed E-state index contributed by atoms with van der Waals surface area (Å²) in [4.78, 5) is 24.2. The summed E-state index contributed by atoms with van der Waals surface area (Å²) in [6.07, 6.45) is 4.64. The smallest absolute Gasteiger partial charge is 0.272 e.